The van der Waals surface area contributed by atoms with Gasteiger partial charge in [0.15, 0.2) is 5.16 Å². The Morgan fingerprint density at radius 2 is 2.11 bits per heavy atom. The Hall–Kier alpha value is -3.00. The van der Waals surface area contributed by atoms with Gasteiger partial charge in [-0.15, -0.1) is 10.2 Å². The maximum absolute atomic E-state index is 11.2. The highest BCUT2D eigenvalue weighted by molar-refractivity contribution is 7.99. The van der Waals surface area contributed by atoms with Gasteiger partial charge in [0.1, 0.15) is 11.6 Å². The van der Waals surface area contributed by atoms with Crippen LogP contribution in [0.25, 0.3) is 10.9 Å². The topological polar surface area (TPSA) is 103 Å². The number of nitrogens with one attached hydrogen (secondary N) is 1. The summed E-state index contributed by atoms with van der Waals surface area (Å²) in [7, 11) is 0. The van der Waals surface area contributed by atoms with Crippen LogP contribution < -0.4 is 5.73 Å². The summed E-state index contributed by atoms with van der Waals surface area (Å²) < 4.78 is 7.47. The van der Waals surface area contributed by atoms with Crippen LogP contribution in [-0.2, 0) is 17.8 Å². The number of nitrogens with zero attached hydrogens (tertiary/aromatic N) is 3. The molecular formula is C19H19N5O2S. The molecule has 27 heavy (non-hydrogen) atoms. The van der Waals surface area contributed by atoms with Crippen molar-refractivity contribution in [1.82, 2.24) is 19.7 Å². The lowest BCUT2D eigenvalue weighted by Crippen LogP contribution is -2.14. The first-order valence-corrected chi connectivity index (χ1v) is 9.52. The van der Waals surface area contributed by atoms with E-state index in [1.807, 2.05) is 28.8 Å². The molecule has 7 nitrogen and oxygen atoms in total. The van der Waals surface area contributed by atoms with Crippen molar-refractivity contribution < 1.29 is 9.21 Å². The van der Waals surface area contributed by atoms with Crippen LogP contribution in [0.3, 0.4) is 0 Å². The lowest BCUT2D eigenvalue weighted by Gasteiger charge is -2.08. The summed E-state index contributed by atoms with van der Waals surface area (Å²) in [5.74, 6) is 1.38. The van der Waals surface area contributed by atoms with Crippen molar-refractivity contribution in [1.29, 1.82) is 0 Å². The number of furan rings is 1. The number of thioether (sulfide) groups is 1. The van der Waals surface area contributed by atoms with Gasteiger partial charge in [0.2, 0.25) is 5.91 Å². The molecule has 0 aliphatic carbocycles. The minimum atomic E-state index is -0.387. The number of aryl methyl sites for hydroxylation is 1. The molecule has 0 saturated heterocycles. The molecule has 0 radical (unpaired) electrons. The highest BCUT2D eigenvalue weighted by Crippen LogP contribution is 2.26. The Labute approximate surface area is 160 Å². The van der Waals surface area contributed by atoms with Gasteiger partial charge in [-0.25, -0.2) is 0 Å². The number of carbonyl (C=O) groups is 1. The van der Waals surface area contributed by atoms with E-state index in [0.717, 1.165) is 22.8 Å². The van der Waals surface area contributed by atoms with Crippen molar-refractivity contribution in [3.63, 3.8) is 0 Å². The summed E-state index contributed by atoms with van der Waals surface area (Å²) in [5, 5.41) is 10.5. The first-order valence-electron chi connectivity index (χ1n) is 8.53. The minimum Gasteiger partial charge on any atom is -0.467 e. The maximum atomic E-state index is 11.2. The molecule has 0 aliphatic heterocycles. The number of aromatic nitrogens is 4. The summed E-state index contributed by atoms with van der Waals surface area (Å²) >= 11 is 1.28. The van der Waals surface area contributed by atoms with E-state index in [0.29, 0.717) is 18.1 Å². The normalized spacial score (nSPS) is 11.3. The van der Waals surface area contributed by atoms with Gasteiger partial charge in [0, 0.05) is 23.0 Å². The molecule has 4 aromatic rings. The van der Waals surface area contributed by atoms with E-state index in [1.54, 1.807) is 6.26 Å². The number of H-pyrrole nitrogens is 1. The van der Waals surface area contributed by atoms with Gasteiger partial charge in [0.05, 0.1) is 18.6 Å². The van der Waals surface area contributed by atoms with Crippen molar-refractivity contribution in [2.75, 3.05) is 5.75 Å². The number of benzene rings is 1. The number of hydrogen-bond donors (Lipinski definition) is 2. The van der Waals surface area contributed by atoms with Crippen LogP contribution in [0.1, 0.15) is 22.8 Å². The lowest BCUT2D eigenvalue weighted by molar-refractivity contribution is -0.115. The van der Waals surface area contributed by atoms with Crippen LogP contribution >= 0.6 is 11.8 Å². The first-order chi connectivity index (χ1) is 13.1. The predicted molar refractivity (Wildman–Crippen MR) is 104 cm³/mol. The summed E-state index contributed by atoms with van der Waals surface area (Å²) in [6.07, 6.45) is 2.26. The van der Waals surface area contributed by atoms with Crippen LogP contribution in [0.15, 0.2) is 52.2 Å². The lowest BCUT2D eigenvalue weighted by atomic mass is 10.1. The molecule has 0 spiro atoms. The number of aromatic amines is 1. The third-order valence-electron chi connectivity index (χ3n) is 4.39. The molecule has 3 heterocycles. The van der Waals surface area contributed by atoms with Crippen molar-refractivity contribution in [2.24, 2.45) is 5.73 Å². The fraction of sp³-hybridized carbons (Fsp3) is 0.211. The third-order valence-corrected chi connectivity index (χ3v) is 5.38. The SMILES string of the molecule is Cc1[nH]c2ccccc2c1Cc1nnc(SCC(N)=O)n1Cc1ccco1. The highest BCUT2D eigenvalue weighted by atomic mass is 32.2. The largest absolute Gasteiger partial charge is 0.467 e. The highest BCUT2D eigenvalue weighted by Gasteiger charge is 2.18. The molecule has 138 valence electrons. The third kappa shape index (κ3) is 3.61. The molecule has 0 aliphatic rings. The van der Waals surface area contributed by atoms with E-state index in [-0.39, 0.29) is 11.7 Å². The Balaban J connectivity index is 1.70. The van der Waals surface area contributed by atoms with Gasteiger partial charge >= 0.3 is 0 Å². The first kappa shape index (κ1) is 17.4. The fourth-order valence-electron chi connectivity index (χ4n) is 3.13. The monoisotopic (exact) mass is 381 g/mol. The van der Waals surface area contributed by atoms with Crippen LogP contribution in [0.5, 0.6) is 0 Å². The Bertz CT molecular complexity index is 1080. The van der Waals surface area contributed by atoms with Gasteiger partial charge in [-0.1, -0.05) is 30.0 Å². The van der Waals surface area contributed by atoms with E-state index in [2.05, 4.69) is 34.2 Å². The zero-order valence-electron chi connectivity index (χ0n) is 14.8. The van der Waals surface area contributed by atoms with Gasteiger partial charge < -0.3 is 15.1 Å². The molecule has 1 amide bonds. The average molecular weight is 381 g/mol. The van der Waals surface area contributed by atoms with E-state index >= 15 is 0 Å². The summed E-state index contributed by atoms with van der Waals surface area (Å²) in [5.41, 5.74) is 8.68. The predicted octanol–water partition coefficient (Wildman–Crippen LogP) is 2.88. The molecule has 8 heteroatoms. The molecule has 3 aromatic heterocycles. The van der Waals surface area contributed by atoms with Crippen LogP contribution in [-0.4, -0.2) is 31.4 Å². The second-order valence-electron chi connectivity index (χ2n) is 6.27. The van der Waals surface area contributed by atoms with E-state index in [9.17, 15) is 4.79 Å². The zero-order valence-corrected chi connectivity index (χ0v) is 15.6. The molecule has 4 rings (SSSR count). The smallest absolute Gasteiger partial charge is 0.227 e. The molecular weight excluding hydrogens is 362 g/mol. The Morgan fingerprint density at radius 1 is 1.26 bits per heavy atom. The molecule has 0 bridgehead atoms. The van der Waals surface area contributed by atoms with E-state index in [1.165, 1.54) is 22.7 Å². The molecule has 3 N–H and O–H groups in total. The second kappa shape index (κ2) is 7.32. The number of hydrogen-bond acceptors (Lipinski definition) is 5. The van der Waals surface area contributed by atoms with Crippen LogP contribution in [0.2, 0.25) is 0 Å². The minimum absolute atomic E-state index is 0.155. The van der Waals surface area contributed by atoms with Crippen molar-refractivity contribution in [3.8, 4) is 0 Å². The molecule has 0 unspecified atom stereocenters. The second-order valence-corrected chi connectivity index (χ2v) is 7.21. The standard InChI is InChI=1S/C19H19N5O2S/c1-12-15(14-6-2-3-7-16(14)21-12)9-18-22-23-19(27-11-17(20)25)24(18)10-13-5-4-8-26-13/h2-8,21H,9-11H2,1H3,(H2,20,25). The van der Waals surface area contributed by atoms with Crippen LogP contribution in [0, 0.1) is 6.92 Å². The Kier molecular flexibility index (Phi) is 4.72. The average Bonchev–Trinajstić information content (AvgIpc) is 3.35. The fourth-order valence-corrected chi connectivity index (χ4v) is 3.83. The quantitative estimate of drug-likeness (QED) is 0.479. The number of fused-ring (bicyclic) bond motifs is 1. The summed E-state index contributed by atoms with van der Waals surface area (Å²) in [6.45, 7) is 2.56. The van der Waals surface area contributed by atoms with Crippen molar-refractivity contribution in [3.05, 3.63) is 65.5 Å². The molecule has 1 aromatic carbocycles. The van der Waals surface area contributed by atoms with E-state index in [4.69, 9.17) is 10.2 Å². The number of para-hydroxylation sites is 1. The Morgan fingerprint density at radius 3 is 2.89 bits per heavy atom. The molecule has 0 saturated carbocycles. The van der Waals surface area contributed by atoms with Gasteiger partial charge in [-0.05, 0) is 30.7 Å². The zero-order chi connectivity index (χ0) is 18.8. The van der Waals surface area contributed by atoms with E-state index < -0.39 is 0 Å². The van der Waals surface area contributed by atoms with Gasteiger partial charge in [-0.3, -0.25) is 9.36 Å². The number of amides is 1. The number of primary amides is 1. The number of carbonyl (C=O) groups excluding carboxylic acids is 1. The number of nitrogens with two attached hydrogens (primary N) is 1. The summed E-state index contributed by atoms with van der Waals surface area (Å²) in [4.78, 5) is 14.6. The summed E-state index contributed by atoms with van der Waals surface area (Å²) in [6, 6.07) is 12.0. The van der Waals surface area contributed by atoms with Crippen molar-refractivity contribution >= 4 is 28.6 Å². The van der Waals surface area contributed by atoms with Crippen molar-refractivity contribution in [2.45, 2.75) is 25.0 Å². The van der Waals surface area contributed by atoms with Gasteiger partial charge in [0.25, 0.3) is 0 Å². The van der Waals surface area contributed by atoms with Crippen LogP contribution in [0.4, 0.5) is 0 Å². The molecule has 0 atom stereocenters. The number of rotatable bonds is 7. The van der Waals surface area contributed by atoms with Gasteiger partial charge in [-0.2, -0.15) is 0 Å². The molecule has 0 fully saturated rings. The maximum Gasteiger partial charge on any atom is 0.227 e.